The van der Waals surface area contributed by atoms with Crippen LogP contribution in [0.4, 0.5) is 4.39 Å². The van der Waals surface area contributed by atoms with Gasteiger partial charge in [0.15, 0.2) is 0 Å². The predicted octanol–water partition coefficient (Wildman–Crippen LogP) is 4.58. The van der Waals surface area contributed by atoms with Crippen LogP contribution in [-0.4, -0.2) is 44.2 Å². The number of hydrogen-bond acceptors (Lipinski definition) is 5. The minimum Gasteiger partial charge on any atom is -0.481 e. The molecular weight excluding hydrogens is 485 g/mol. The van der Waals surface area contributed by atoms with E-state index in [0.29, 0.717) is 55.1 Å². The average molecular weight is 516 g/mol. The Morgan fingerprint density at radius 1 is 1.03 bits per heavy atom. The molecule has 0 bridgehead atoms. The second kappa shape index (κ2) is 11.2. The largest absolute Gasteiger partial charge is 0.481 e. The number of nitrogens with zero attached hydrogens (tertiary/aromatic N) is 2. The highest BCUT2D eigenvalue weighted by Gasteiger charge is 2.28. The Morgan fingerprint density at radius 2 is 1.82 bits per heavy atom. The third-order valence-electron chi connectivity index (χ3n) is 7.26. The van der Waals surface area contributed by atoms with E-state index in [0.717, 1.165) is 22.5 Å². The monoisotopic (exact) mass is 515 g/mol. The molecule has 2 aliphatic carbocycles. The molecule has 0 saturated heterocycles. The first-order chi connectivity index (χ1) is 18.4. The third-order valence-corrected chi connectivity index (χ3v) is 7.26. The van der Waals surface area contributed by atoms with Crippen molar-refractivity contribution >= 4 is 22.9 Å². The number of rotatable bonds is 8. The Bertz CT molecular complexity index is 1430. The second-order valence-electron chi connectivity index (χ2n) is 9.97. The van der Waals surface area contributed by atoms with Crippen molar-refractivity contribution in [3.8, 4) is 0 Å². The van der Waals surface area contributed by atoms with Crippen LogP contribution in [0.5, 0.6) is 0 Å². The van der Waals surface area contributed by atoms with Crippen LogP contribution in [0.2, 0.25) is 0 Å². The average Bonchev–Trinajstić information content (AvgIpc) is 2.91. The zero-order valence-electron chi connectivity index (χ0n) is 20.9. The summed E-state index contributed by atoms with van der Waals surface area (Å²) in [7, 11) is 0. The van der Waals surface area contributed by atoms with Gasteiger partial charge in [-0.2, -0.15) is 0 Å². The lowest BCUT2D eigenvalue weighted by atomic mass is 9.86. The van der Waals surface area contributed by atoms with E-state index >= 15 is 0 Å². The van der Waals surface area contributed by atoms with Gasteiger partial charge in [-0.25, -0.2) is 14.4 Å². The molecule has 7 nitrogen and oxygen atoms in total. The second-order valence-corrected chi connectivity index (χ2v) is 9.97. The van der Waals surface area contributed by atoms with Gasteiger partial charge in [-0.1, -0.05) is 30.3 Å². The number of hydrogen-bond donors (Lipinski definition) is 3. The number of aromatic nitrogens is 2. The van der Waals surface area contributed by atoms with Crippen molar-refractivity contribution in [3.63, 3.8) is 0 Å². The maximum Gasteiger partial charge on any atom is 0.303 e. The van der Waals surface area contributed by atoms with Gasteiger partial charge < -0.3 is 15.5 Å². The molecule has 0 radical (unpaired) electrons. The van der Waals surface area contributed by atoms with Gasteiger partial charge in [-0.15, -0.1) is 0 Å². The molecule has 0 spiro atoms. The van der Waals surface area contributed by atoms with Gasteiger partial charge in [0, 0.05) is 24.3 Å². The van der Waals surface area contributed by atoms with Crippen molar-refractivity contribution in [3.05, 3.63) is 94.6 Å². The predicted molar refractivity (Wildman–Crippen MR) is 142 cm³/mol. The standard InChI is InChI=1S/C30H30FN3O4/c31-22-12-9-18(10-13-22)29-24(7-3-4-8-28(36)37)32-25-16-21(11-14-23(25)33-29)30(38)34-26-15-19-5-1-2-6-20(19)17-27(26)35/h1-2,5-6,9,11-14,16,18,26-27,35H,3-4,7-8,10,15,17H2,(H,34,38)(H,36,37). The van der Waals surface area contributed by atoms with Gasteiger partial charge >= 0.3 is 5.97 Å². The lowest BCUT2D eigenvalue weighted by molar-refractivity contribution is -0.137. The number of nitrogens with one attached hydrogen (secondary N) is 1. The van der Waals surface area contributed by atoms with E-state index in [9.17, 15) is 19.1 Å². The molecule has 8 heteroatoms. The van der Waals surface area contributed by atoms with E-state index in [-0.39, 0.29) is 24.1 Å². The minimum absolute atomic E-state index is 0.0788. The Kier molecular flexibility index (Phi) is 7.60. The zero-order chi connectivity index (χ0) is 26.6. The van der Waals surface area contributed by atoms with E-state index in [2.05, 4.69) is 5.32 Å². The molecule has 2 aliphatic rings. The molecule has 1 amide bonds. The van der Waals surface area contributed by atoms with Crippen molar-refractivity contribution in [2.75, 3.05) is 0 Å². The molecule has 3 unspecified atom stereocenters. The van der Waals surface area contributed by atoms with E-state index in [4.69, 9.17) is 15.1 Å². The van der Waals surface area contributed by atoms with Gasteiger partial charge in [0.05, 0.1) is 34.6 Å². The SMILES string of the molecule is O=C(O)CCCCc1nc2cc(C(=O)NC3Cc4ccccc4CC3O)ccc2nc1C1C=CC(F)=CC1. The summed E-state index contributed by atoms with van der Waals surface area (Å²) in [5, 5.41) is 22.6. The summed E-state index contributed by atoms with van der Waals surface area (Å²) in [4.78, 5) is 33.7. The van der Waals surface area contributed by atoms with Gasteiger partial charge in [0.25, 0.3) is 5.91 Å². The fourth-order valence-corrected chi connectivity index (χ4v) is 5.19. The Labute approximate surface area is 220 Å². The van der Waals surface area contributed by atoms with Crippen molar-refractivity contribution in [2.45, 2.75) is 63.0 Å². The Balaban J connectivity index is 1.38. The van der Waals surface area contributed by atoms with Crippen LogP contribution >= 0.6 is 0 Å². The number of carbonyl (C=O) groups excluding carboxylic acids is 1. The molecule has 3 atom stereocenters. The van der Waals surface area contributed by atoms with Crippen LogP contribution in [0.25, 0.3) is 11.0 Å². The lowest BCUT2D eigenvalue weighted by Crippen LogP contribution is -2.48. The maximum atomic E-state index is 13.6. The summed E-state index contributed by atoms with van der Waals surface area (Å²) >= 11 is 0. The first-order valence-corrected chi connectivity index (χ1v) is 13.0. The van der Waals surface area contributed by atoms with E-state index < -0.39 is 18.1 Å². The molecule has 1 aromatic heterocycles. The molecule has 3 N–H and O–H groups in total. The van der Waals surface area contributed by atoms with Gasteiger partial charge in [-0.05, 0) is 73.6 Å². The van der Waals surface area contributed by atoms with Crippen LogP contribution in [0, 0.1) is 0 Å². The molecule has 0 saturated carbocycles. The fraction of sp³-hybridized carbons (Fsp3) is 0.333. The molecule has 0 fully saturated rings. The van der Waals surface area contributed by atoms with Crippen LogP contribution in [0.3, 0.4) is 0 Å². The zero-order valence-corrected chi connectivity index (χ0v) is 20.9. The number of benzene rings is 2. The number of carbonyl (C=O) groups is 2. The summed E-state index contributed by atoms with van der Waals surface area (Å²) in [6, 6.07) is 12.7. The number of allylic oxidation sites excluding steroid dienone is 4. The van der Waals surface area contributed by atoms with Gasteiger partial charge in [0.2, 0.25) is 0 Å². The molecule has 3 aromatic rings. The minimum atomic E-state index is -0.840. The van der Waals surface area contributed by atoms with Crippen LogP contribution < -0.4 is 5.32 Å². The normalized spacial score (nSPS) is 20.6. The number of aryl methyl sites for hydroxylation is 1. The first-order valence-electron chi connectivity index (χ1n) is 13.0. The highest BCUT2D eigenvalue weighted by molar-refractivity contribution is 5.97. The summed E-state index contributed by atoms with van der Waals surface area (Å²) in [6.07, 6.45) is 7.34. The number of aliphatic hydroxyl groups excluding tert-OH is 1. The molecule has 1 heterocycles. The third kappa shape index (κ3) is 5.81. The summed E-state index contributed by atoms with van der Waals surface area (Å²) in [6.45, 7) is 0. The first kappa shape index (κ1) is 25.7. The van der Waals surface area contributed by atoms with Crippen molar-refractivity contribution < 1.29 is 24.2 Å². The number of halogens is 1. The molecule has 196 valence electrons. The van der Waals surface area contributed by atoms with E-state index in [1.54, 1.807) is 24.3 Å². The van der Waals surface area contributed by atoms with Crippen LogP contribution in [0.15, 0.2) is 66.5 Å². The van der Waals surface area contributed by atoms with Crippen molar-refractivity contribution in [2.24, 2.45) is 0 Å². The van der Waals surface area contributed by atoms with Gasteiger partial charge in [-0.3, -0.25) is 9.59 Å². The maximum absolute atomic E-state index is 13.6. The molecular formula is C30H30FN3O4. The van der Waals surface area contributed by atoms with Crippen LogP contribution in [-0.2, 0) is 24.1 Å². The summed E-state index contributed by atoms with van der Waals surface area (Å²) in [5.74, 6) is -1.53. The lowest BCUT2D eigenvalue weighted by Gasteiger charge is -2.30. The smallest absolute Gasteiger partial charge is 0.303 e. The summed E-state index contributed by atoms with van der Waals surface area (Å²) in [5.41, 5.74) is 5.30. The number of fused-ring (bicyclic) bond motifs is 2. The Morgan fingerprint density at radius 3 is 2.55 bits per heavy atom. The van der Waals surface area contributed by atoms with Crippen LogP contribution in [0.1, 0.15) is 64.5 Å². The summed E-state index contributed by atoms with van der Waals surface area (Å²) < 4.78 is 13.6. The number of carboxylic acids is 1. The van der Waals surface area contributed by atoms with E-state index in [1.165, 1.54) is 12.2 Å². The molecule has 0 aliphatic heterocycles. The topological polar surface area (TPSA) is 112 Å². The van der Waals surface area contributed by atoms with Crippen molar-refractivity contribution in [1.82, 2.24) is 15.3 Å². The number of unbranched alkanes of at least 4 members (excludes halogenated alkanes) is 1. The number of aliphatic carboxylic acids is 1. The molecule has 38 heavy (non-hydrogen) atoms. The highest BCUT2D eigenvalue weighted by atomic mass is 19.1. The number of carboxylic acid groups (broad SMARTS) is 1. The Hall–Kier alpha value is -3.91. The number of amides is 1. The quantitative estimate of drug-likeness (QED) is 0.379. The molecule has 5 rings (SSSR count). The van der Waals surface area contributed by atoms with Crippen molar-refractivity contribution in [1.29, 1.82) is 0 Å². The molecule has 2 aromatic carbocycles. The fourth-order valence-electron chi connectivity index (χ4n) is 5.19. The number of aliphatic hydroxyl groups is 1. The van der Waals surface area contributed by atoms with E-state index in [1.807, 2.05) is 24.3 Å². The van der Waals surface area contributed by atoms with Gasteiger partial charge in [0.1, 0.15) is 5.83 Å². The highest BCUT2D eigenvalue weighted by Crippen LogP contribution is 2.30.